The molecule has 0 radical (unpaired) electrons. The molecule has 1 unspecified atom stereocenters. The van der Waals surface area contributed by atoms with Crippen LogP contribution in [0.15, 0.2) is 36.4 Å². The number of carbonyl (C=O) groups is 1. The number of fused-ring (bicyclic) bond motifs is 1. The summed E-state index contributed by atoms with van der Waals surface area (Å²) in [7, 11) is 0. The molecule has 206 valence electrons. The van der Waals surface area contributed by atoms with Gasteiger partial charge in [-0.15, -0.1) is 0 Å². The number of hydrogen-bond donors (Lipinski definition) is 2. The molecular weight excluding hydrogens is 525 g/mol. The van der Waals surface area contributed by atoms with Crippen LogP contribution in [0.25, 0.3) is 0 Å². The molecule has 2 fully saturated rings. The van der Waals surface area contributed by atoms with Gasteiger partial charge >= 0.3 is 6.18 Å². The first-order valence-electron chi connectivity index (χ1n) is 12.7. The third-order valence-electron chi connectivity index (χ3n) is 7.66. The number of hydrogen-bond acceptors (Lipinski definition) is 6. The van der Waals surface area contributed by atoms with E-state index in [4.69, 9.17) is 21.1 Å². The zero-order valence-corrected chi connectivity index (χ0v) is 21.5. The maximum absolute atomic E-state index is 13.1. The fraction of sp³-hybridized carbons (Fsp3) is 0.519. The number of aliphatic hydroxyl groups is 1. The number of nitrogens with zero attached hydrogens (tertiary/aromatic N) is 2. The van der Waals surface area contributed by atoms with Crippen molar-refractivity contribution in [3.05, 3.63) is 52.5 Å². The van der Waals surface area contributed by atoms with E-state index < -0.39 is 30.7 Å². The minimum absolute atomic E-state index is 0.00969. The topological polar surface area (TPSA) is 82.5 Å². The van der Waals surface area contributed by atoms with Crippen molar-refractivity contribution in [2.45, 2.75) is 43.6 Å². The Morgan fingerprint density at radius 2 is 1.95 bits per heavy atom. The van der Waals surface area contributed by atoms with E-state index in [0.717, 1.165) is 48.6 Å². The standard InChI is InChI=1S/C27H30ClF3N2O5/c28-19-1-4-23-17(11-19)13-26(38-23)6-9-32(10-7-26)15-21(35)16-37-24-12-20(34)2-3-22(24)25(36)33-8-5-18(14-33)27(29,30)31/h1-4,11-12,18,21,34-35H,5-10,13-16H2/t18?,21-/m0/s1. The highest BCUT2D eigenvalue weighted by Crippen LogP contribution is 2.42. The van der Waals surface area contributed by atoms with Crippen LogP contribution in [0.2, 0.25) is 5.02 Å². The SMILES string of the molecule is O=C(c1ccc(O)cc1OC[C@@H](O)CN1CCC2(CC1)Cc1cc(Cl)ccc1O2)N1CCC(C(F)(F)F)C1. The van der Waals surface area contributed by atoms with Crippen molar-refractivity contribution in [2.24, 2.45) is 5.92 Å². The molecule has 2 aromatic carbocycles. The lowest BCUT2D eigenvalue weighted by atomic mass is 9.87. The largest absolute Gasteiger partial charge is 0.508 e. The van der Waals surface area contributed by atoms with Crippen molar-refractivity contribution < 1.29 is 37.7 Å². The number of halogens is 4. The van der Waals surface area contributed by atoms with Crippen LogP contribution >= 0.6 is 11.6 Å². The van der Waals surface area contributed by atoms with E-state index in [1.807, 2.05) is 18.2 Å². The van der Waals surface area contributed by atoms with Crippen LogP contribution in [-0.4, -0.2) is 83.1 Å². The van der Waals surface area contributed by atoms with Gasteiger partial charge in [-0.25, -0.2) is 0 Å². The van der Waals surface area contributed by atoms with Gasteiger partial charge in [0.05, 0.1) is 11.5 Å². The first-order chi connectivity index (χ1) is 18.0. The van der Waals surface area contributed by atoms with Gasteiger partial charge in [0.15, 0.2) is 0 Å². The van der Waals surface area contributed by atoms with Gasteiger partial charge in [0.1, 0.15) is 35.6 Å². The Balaban J connectivity index is 1.14. The number of piperidine rings is 1. The maximum Gasteiger partial charge on any atom is 0.393 e. The first-order valence-corrected chi connectivity index (χ1v) is 13.1. The molecule has 7 nitrogen and oxygen atoms in total. The van der Waals surface area contributed by atoms with E-state index in [9.17, 15) is 28.2 Å². The van der Waals surface area contributed by atoms with Gasteiger partial charge in [-0.05, 0) is 42.3 Å². The number of rotatable bonds is 6. The van der Waals surface area contributed by atoms with Gasteiger partial charge in [0, 0.05) is 63.1 Å². The smallest absolute Gasteiger partial charge is 0.393 e. The molecule has 1 spiro atoms. The third-order valence-corrected chi connectivity index (χ3v) is 7.90. The number of phenols is 1. The summed E-state index contributed by atoms with van der Waals surface area (Å²) in [5, 5.41) is 21.2. The second-order valence-corrected chi connectivity index (χ2v) is 10.9. The van der Waals surface area contributed by atoms with Gasteiger partial charge in [0.25, 0.3) is 5.91 Å². The normalized spacial score (nSPS) is 21.8. The molecular formula is C27H30ClF3N2O5. The van der Waals surface area contributed by atoms with Crippen LogP contribution in [0, 0.1) is 5.92 Å². The molecule has 2 saturated heterocycles. The van der Waals surface area contributed by atoms with Gasteiger partial charge in [-0.1, -0.05) is 11.6 Å². The lowest BCUT2D eigenvalue weighted by Crippen LogP contribution is -2.49. The molecule has 2 aromatic rings. The second-order valence-electron chi connectivity index (χ2n) is 10.4. The molecule has 5 rings (SSSR count). The molecule has 2 N–H and O–H groups in total. The molecule has 3 heterocycles. The number of phenolic OH excluding ortho intramolecular Hbond substituents is 1. The zero-order valence-electron chi connectivity index (χ0n) is 20.7. The fourth-order valence-corrected chi connectivity index (χ4v) is 5.74. The van der Waals surface area contributed by atoms with E-state index in [1.165, 1.54) is 18.2 Å². The Kier molecular flexibility index (Phi) is 7.41. The van der Waals surface area contributed by atoms with Crippen molar-refractivity contribution >= 4 is 17.5 Å². The van der Waals surface area contributed by atoms with E-state index in [2.05, 4.69) is 4.90 Å². The molecule has 2 atom stereocenters. The van der Waals surface area contributed by atoms with Crippen molar-refractivity contribution in [2.75, 3.05) is 39.3 Å². The highest BCUT2D eigenvalue weighted by molar-refractivity contribution is 6.30. The predicted octanol–water partition coefficient (Wildman–Crippen LogP) is 4.28. The van der Waals surface area contributed by atoms with Crippen LogP contribution in [0.1, 0.15) is 35.2 Å². The van der Waals surface area contributed by atoms with Gasteiger partial charge in [0.2, 0.25) is 0 Å². The van der Waals surface area contributed by atoms with Crippen LogP contribution in [0.4, 0.5) is 13.2 Å². The number of alkyl halides is 3. The summed E-state index contributed by atoms with van der Waals surface area (Å²) in [5.74, 6) is -1.41. The van der Waals surface area contributed by atoms with E-state index in [1.54, 1.807) is 0 Å². The van der Waals surface area contributed by atoms with Crippen molar-refractivity contribution in [3.8, 4) is 17.2 Å². The molecule has 0 aliphatic carbocycles. The van der Waals surface area contributed by atoms with Crippen LogP contribution in [0.3, 0.4) is 0 Å². The molecule has 1 amide bonds. The number of carbonyl (C=O) groups excluding carboxylic acids is 1. The Morgan fingerprint density at radius 1 is 1.18 bits per heavy atom. The summed E-state index contributed by atoms with van der Waals surface area (Å²) in [6.45, 7) is 1.23. The zero-order chi connectivity index (χ0) is 27.1. The summed E-state index contributed by atoms with van der Waals surface area (Å²) >= 11 is 6.12. The number of aliphatic hydroxyl groups excluding tert-OH is 1. The van der Waals surface area contributed by atoms with Crippen LogP contribution < -0.4 is 9.47 Å². The quantitative estimate of drug-likeness (QED) is 0.555. The molecule has 3 aliphatic heterocycles. The number of β-amino-alcohol motifs (C(OH)–C–C–N with tert-alkyl or cyclic N) is 1. The number of aromatic hydroxyl groups is 1. The van der Waals surface area contributed by atoms with Crippen molar-refractivity contribution in [3.63, 3.8) is 0 Å². The molecule has 0 bridgehead atoms. The average molecular weight is 555 g/mol. The highest BCUT2D eigenvalue weighted by atomic mass is 35.5. The van der Waals surface area contributed by atoms with Gasteiger partial charge in [-0.3, -0.25) is 4.79 Å². The maximum atomic E-state index is 13.1. The number of benzene rings is 2. The average Bonchev–Trinajstić information content (AvgIpc) is 3.49. The summed E-state index contributed by atoms with van der Waals surface area (Å²) in [4.78, 5) is 16.2. The lowest BCUT2D eigenvalue weighted by molar-refractivity contribution is -0.169. The minimum Gasteiger partial charge on any atom is -0.508 e. The predicted molar refractivity (Wildman–Crippen MR) is 134 cm³/mol. The van der Waals surface area contributed by atoms with E-state index in [0.29, 0.717) is 11.6 Å². The minimum atomic E-state index is -4.36. The number of ether oxygens (including phenoxy) is 2. The Labute approximate surface area is 223 Å². The van der Waals surface area contributed by atoms with Crippen LogP contribution in [0.5, 0.6) is 17.2 Å². The summed E-state index contributed by atoms with van der Waals surface area (Å²) in [5.41, 5.74) is 0.900. The highest BCUT2D eigenvalue weighted by Gasteiger charge is 2.45. The Hall–Kier alpha value is -2.69. The van der Waals surface area contributed by atoms with Gasteiger partial charge < -0.3 is 29.5 Å². The first kappa shape index (κ1) is 26.9. The Morgan fingerprint density at radius 3 is 2.66 bits per heavy atom. The van der Waals surface area contributed by atoms with E-state index in [-0.39, 0.29) is 42.2 Å². The molecule has 0 saturated carbocycles. The summed E-state index contributed by atoms with van der Waals surface area (Å²) < 4.78 is 51.1. The number of amides is 1. The Bertz CT molecular complexity index is 1190. The molecule has 11 heteroatoms. The summed E-state index contributed by atoms with van der Waals surface area (Å²) in [6.07, 6.45) is -2.99. The van der Waals surface area contributed by atoms with Crippen molar-refractivity contribution in [1.82, 2.24) is 9.80 Å². The van der Waals surface area contributed by atoms with Crippen LogP contribution in [-0.2, 0) is 6.42 Å². The van der Waals surface area contributed by atoms with Crippen molar-refractivity contribution in [1.29, 1.82) is 0 Å². The monoisotopic (exact) mass is 554 g/mol. The summed E-state index contributed by atoms with van der Waals surface area (Å²) in [6, 6.07) is 9.52. The third kappa shape index (κ3) is 5.82. The fourth-order valence-electron chi connectivity index (χ4n) is 5.55. The molecule has 3 aliphatic rings. The second kappa shape index (κ2) is 10.5. The number of likely N-dealkylation sites (tertiary alicyclic amines) is 2. The molecule has 0 aromatic heterocycles. The van der Waals surface area contributed by atoms with E-state index >= 15 is 0 Å². The lowest BCUT2D eigenvalue weighted by Gasteiger charge is -2.39. The molecule has 38 heavy (non-hydrogen) atoms. The van der Waals surface area contributed by atoms with Gasteiger partial charge in [-0.2, -0.15) is 13.2 Å².